The van der Waals surface area contributed by atoms with Gasteiger partial charge in [-0.15, -0.1) is 0 Å². The minimum atomic E-state index is 0.271. The molecule has 13 heavy (non-hydrogen) atoms. The first-order valence-electron chi connectivity index (χ1n) is 4.45. The fourth-order valence-electron chi connectivity index (χ4n) is 1.73. The minimum Gasteiger partial charge on any atom is -0.251 e. The third-order valence-corrected chi connectivity index (χ3v) is 2.37. The Morgan fingerprint density at radius 1 is 1.38 bits per heavy atom. The van der Waals surface area contributed by atoms with Crippen molar-refractivity contribution in [3.05, 3.63) is 41.0 Å². The molecule has 1 aromatic carbocycles. The quantitative estimate of drug-likeness (QED) is 0.554. The fraction of sp³-hybridized carbons (Fsp3) is 0.273. The van der Waals surface area contributed by atoms with Gasteiger partial charge in [0.15, 0.2) is 0 Å². The van der Waals surface area contributed by atoms with Crippen molar-refractivity contribution < 1.29 is 10.1 Å². The summed E-state index contributed by atoms with van der Waals surface area (Å²) in [7, 11) is 0. The van der Waals surface area contributed by atoms with E-state index in [-0.39, 0.29) is 6.61 Å². The molecule has 0 saturated carbocycles. The third kappa shape index (κ3) is 1.64. The summed E-state index contributed by atoms with van der Waals surface area (Å²) in [6.07, 6.45) is 6.46. The van der Waals surface area contributed by atoms with E-state index >= 15 is 0 Å². The van der Waals surface area contributed by atoms with Crippen LogP contribution in [0.4, 0.5) is 0 Å². The van der Waals surface area contributed by atoms with Gasteiger partial charge in [-0.3, -0.25) is 5.26 Å². The van der Waals surface area contributed by atoms with Crippen LogP contribution in [-0.4, -0.2) is 5.26 Å². The Kier molecular flexibility index (Phi) is 2.43. The Bertz CT molecular complexity index is 329. The van der Waals surface area contributed by atoms with E-state index in [1.807, 2.05) is 12.1 Å². The van der Waals surface area contributed by atoms with Gasteiger partial charge in [-0.1, -0.05) is 30.4 Å². The summed E-state index contributed by atoms with van der Waals surface area (Å²) in [4.78, 5) is 4.16. The standard InChI is InChI=1S/C11H12O2/c12-13-8-10-6-3-5-9-4-1-2-7-11(9)10/h2-3,5-7,12H,1,4,8H2. The molecule has 0 heterocycles. The Morgan fingerprint density at radius 2 is 2.31 bits per heavy atom. The van der Waals surface area contributed by atoms with Crippen LogP contribution < -0.4 is 0 Å². The van der Waals surface area contributed by atoms with E-state index in [0.29, 0.717) is 0 Å². The largest absolute Gasteiger partial charge is 0.251 e. The van der Waals surface area contributed by atoms with Crippen LogP contribution in [-0.2, 0) is 17.9 Å². The number of hydrogen-bond acceptors (Lipinski definition) is 2. The van der Waals surface area contributed by atoms with Crippen molar-refractivity contribution in [3.63, 3.8) is 0 Å². The Hall–Kier alpha value is -1.12. The second-order valence-corrected chi connectivity index (χ2v) is 3.20. The molecule has 2 rings (SSSR count). The fourth-order valence-corrected chi connectivity index (χ4v) is 1.73. The molecule has 0 amide bonds. The monoisotopic (exact) mass is 176 g/mol. The highest BCUT2D eigenvalue weighted by atomic mass is 17.1. The first-order chi connectivity index (χ1) is 6.42. The summed E-state index contributed by atoms with van der Waals surface area (Å²) < 4.78 is 0. The molecule has 0 unspecified atom stereocenters. The van der Waals surface area contributed by atoms with Gasteiger partial charge in [0.05, 0.1) is 0 Å². The molecule has 0 aliphatic heterocycles. The van der Waals surface area contributed by atoms with Crippen LogP contribution in [0.2, 0.25) is 0 Å². The molecule has 0 spiro atoms. The van der Waals surface area contributed by atoms with Crippen molar-refractivity contribution in [3.8, 4) is 0 Å². The van der Waals surface area contributed by atoms with Gasteiger partial charge < -0.3 is 0 Å². The first kappa shape index (κ1) is 8.48. The van der Waals surface area contributed by atoms with Crippen LogP contribution in [0.25, 0.3) is 6.08 Å². The van der Waals surface area contributed by atoms with Crippen LogP contribution in [0.3, 0.4) is 0 Å². The van der Waals surface area contributed by atoms with Gasteiger partial charge >= 0.3 is 0 Å². The average Bonchev–Trinajstić information content (AvgIpc) is 2.19. The maximum atomic E-state index is 8.40. The van der Waals surface area contributed by atoms with Gasteiger partial charge in [0, 0.05) is 0 Å². The lowest BCUT2D eigenvalue weighted by Gasteiger charge is -2.13. The number of hydrogen-bond donors (Lipinski definition) is 1. The van der Waals surface area contributed by atoms with Gasteiger partial charge in [0.2, 0.25) is 0 Å². The molecule has 2 heteroatoms. The van der Waals surface area contributed by atoms with E-state index < -0.39 is 0 Å². The van der Waals surface area contributed by atoms with Crippen LogP contribution in [0.5, 0.6) is 0 Å². The molecule has 1 aromatic rings. The summed E-state index contributed by atoms with van der Waals surface area (Å²) >= 11 is 0. The zero-order chi connectivity index (χ0) is 9.10. The second kappa shape index (κ2) is 3.73. The number of fused-ring (bicyclic) bond motifs is 1. The number of benzene rings is 1. The van der Waals surface area contributed by atoms with E-state index in [4.69, 9.17) is 5.26 Å². The van der Waals surface area contributed by atoms with Crippen molar-refractivity contribution in [1.29, 1.82) is 0 Å². The van der Waals surface area contributed by atoms with Gasteiger partial charge in [-0.25, -0.2) is 4.89 Å². The van der Waals surface area contributed by atoms with Crippen LogP contribution in [0, 0.1) is 0 Å². The Labute approximate surface area is 77.4 Å². The Morgan fingerprint density at radius 3 is 3.15 bits per heavy atom. The molecule has 68 valence electrons. The average molecular weight is 176 g/mol. The maximum absolute atomic E-state index is 8.40. The molecule has 0 fully saturated rings. The lowest BCUT2D eigenvalue weighted by molar-refractivity contribution is -0.253. The topological polar surface area (TPSA) is 29.5 Å². The normalized spacial score (nSPS) is 14.2. The van der Waals surface area contributed by atoms with Crippen molar-refractivity contribution in [1.82, 2.24) is 0 Å². The molecule has 1 aliphatic carbocycles. The molecule has 2 nitrogen and oxygen atoms in total. The highest BCUT2D eigenvalue weighted by Gasteiger charge is 2.08. The molecule has 0 radical (unpaired) electrons. The molecule has 0 atom stereocenters. The zero-order valence-electron chi connectivity index (χ0n) is 7.36. The van der Waals surface area contributed by atoms with Crippen LogP contribution in [0.1, 0.15) is 23.1 Å². The molecule has 0 bridgehead atoms. The van der Waals surface area contributed by atoms with Gasteiger partial charge in [-0.2, -0.15) is 0 Å². The van der Waals surface area contributed by atoms with Crippen molar-refractivity contribution in [2.75, 3.05) is 0 Å². The summed E-state index contributed by atoms with van der Waals surface area (Å²) in [5.74, 6) is 0. The zero-order valence-corrected chi connectivity index (χ0v) is 7.36. The SMILES string of the molecule is OOCc1cccc2c1C=CCC2. The van der Waals surface area contributed by atoms with Crippen molar-refractivity contribution in [2.45, 2.75) is 19.4 Å². The summed E-state index contributed by atoms with van der Waals surface area (Å²) in [5.41, 5.74) is 3.61. The molecule has 1 aliphatic rings. The second-order valence-electron chi connectivity index (χ2n) is 3.20. The molecular weight excluding hydrogens is 164 g/mol. The van der Waals surface area contributed by atoms with E-state index in [2.05, 4.69) is 23.1 Å². The highest BCUT2D eigenvalue weighted by Crippen LogP contribution is 2.23. The summed E-state index contributed by atoms with van der Waals surface area (Å²) in [5, 5.41) is 8.40. The minimum absolute atomic E-state index is 0.271. The van der Waals surface area contributed by atoms with Crippen LogP contribution >= 0.6 is 0 Å². The van der Waals surface area contributed by atoms with E-state index in [1.54, 1.807) is 0 Å². The van der Waals surface area contributed by atoms with Gasteiger partial charge in [0.1, 0.15) is 6.61 Å². The number of allylic oxidation sites excluding steroid dienone is 1. The van der Waals surface area contributed by atoms with Gasteiger partial charge in [-0.05, 0) is 29.5 Å². The van der Waals surface area contributed by atoms with Crippen molar-refractivity contribution in [2.24, 2.45) is 0 Å². The highest BCUT2D eigenvalue weighted by molar-refractivity contribution is 5.60. The molecular formula is C11H12O2. The van der Waals surface area contributed by atoms with E-state index in [0.717, 1.165) is 18.4 Å². The first-order valence-corrected chi connectivity index (χ1v) is 4.45. The number of aryl methyl sites for hydroxylation is 1. The Balaban J connectivity index is 2.42. The van der Waals surface area contributed by atoms with Crippen LogP contribution in [0.15, 0.2) is 24.3 Å². The lowest BCUT2D eigenvalue weighted by atomic mass is 9.93. The smallest absolute Gasteiger partial charge is 0.108 e. The summed E-state index contributed by atoms with van der Waals surface area (Å²) in [6, 6.07) is 6.11. The maximum Gasteiger partial charge on any atom is 0.108 e. The van der Waals surface area contributed by atoms with Crippen molar-refractivity contribution >= 4 is 6.08 Å². The predicted octanol–water partition coefficient (Wildman–Crippen LogP) is 2.64. The van der Waals surface area contributed by atoms with E-state index in [1.165, 1.54) is 11.1 Å². The number of rotatable bonds is 2. The molecule has 0 aromatic heterocycles. The van der Waals surface area contributed by atoms with E-state index in [9.17, 15) is 0 Å². The molecule has 1 N–H and O–H groups in total. The predicted molar refractivity (Wildman–Crippen MR) is 51.2 cm³/mol. The summed E-state index contributed by atoms with van der Waals surface area (Å²) in [6.45, 7) is 0.271. The molecule has 0 saturated heterocycles. The van der Waals surface area contributed by atoms with Gasteiger partial charge in [0.25, 0.3) is 0 Å². The third-order valence-electron chi connectivity index (χ3n) is 2.37. The lowest BCUT2D eigenvalue weighted by Crippen LogP contribution is -1.99.